The first-order chi connectivity index (χ1) is 13.2. The van der Waals surface area contributed by atoms with E-state index in [-0.39, 0.29) is 11.8 Å². The van der Waals surface area contributed by atoms with Gasteiger partial charge in [-0.2, -0.15) is 9.78 Å². The number of nitrogens with zero attached hydrogens (tertiary/aromatic N) is 3. The number of pyridine rings is 1. The van der Waals surface area contributed by atoms with Gasteiger partial charge in [-0.05, 0) is 17.2 Å². The van der Waals surface area contributed by atoms with Crippen molar-refractivity contribution in [2.24, 2.45) is 0 Å². The van der Waals surface area contributed by atoms with Gasteiger partial charge in [0, 0.05) is 18.5 Å². The maximum Gasteiger partial charge on any atom is 0.244 e. The monoisotopic (exact) mass is 357 g/mol. The van der Waals surface area contributed by atoms with Gasteiger partial charge in [-0.15, -0.1) is 0 Å². The smallest absolute Gasteiger partial charge is 0.244 e. The first-order valence-corrected chi connectivity index (χ1v) is 8.73. The lowest BCUT2D eigenvalue weighted by atomic mass is 9.87. The molecule has 2 aromatic carbocycles. The first kappa shape index (κ1) is 17.0. The quantitative estimate of drug-likeness (QED) is 0.547. The fourth-order valence-electron chi connectivity index (χ4n) is 3.45. The van der Waals surface area contributed by atoms with E-state index in [0.29, 0.717) is 11.4 Å². The molecule has 0 saturated carbocycles. The molecule has 5 nitrogen and oxygen atoms in total. The largest absolute Gasteiger partial charge is 0.479 e. The number of ether oxygens (including phenoxy) is 1. The molecule has 4 aromatic rings. The Labute approximate surface area is 157 Å². The zero-order chi connectivity index (χ0) is 18.8. The van der Waals surface area contributed by atoms with Gasteiger partial charge in [0.1, 0.15) is 5.52 Å². The zero-order valence-corrected chi connectivity index (χ0v) is 15.2. The minimum atomic E-state index is -0.183. The predicted molar refractivity (Wildman–Crippen MR) is 104 cm³/mol. The third-order valence-electron chi connectivity index (χ3n) is 4.62. The Bertz CT molecular complexity index is 1050. The molecule has 0 aliphatic heterocycles. The molecular formula is C22H19N3O2. The number of hydrogen-bond donors (Lipinski definition) is 0. The minimum absolute atomic E-state index is 0.109. The van der Waals surface area contributed by atoms with E-state index in [0.717, 1.165) is 22.2 Å². The average Bonchev–Trinajstić information content (AvgIpc) is 3.10. The van der Waals surface area contributed by atoms with Gasteiger partial charge in [0.05, 0.1) is 18.7 Å². The molecule has 2 aromatic heterocycles. The molecular weight excluding hydrogens is 338 g/mol. The average molecular weight is 357 g/mol. The van der Waals surface area contributed by atoms with E-state index in [1.54, 1.807) is 13.3 Å². The number of carbonyl (C=O) groups is 1. The second-order valence-electron chi connectivity index (χ2n) is 6.29. The van der Waals surface area contributed by atoms with Gasteiger partial charge >= 0.3 is 0 Å². The van der Waals surface area contributed by atoms with Crippen LogP contribution in [-0.2, 0) is 0 Å². The maximum absolute atomic E-state index is 12.3. The van der Waals surface area contributed by atoms with Crippen LogP contribution < -0.4 is 4.74 Å². The minimum Gasteiger partial charge on any atom is -0.479 e. The summed E-state index contributed by atoms with van der Waals surface area (Å²) in [4.78, 5) is 16.5. The molecule has 0 saturated heterocycles. The fraction of sp³-hybridized carbons (Fsp3) is 0.136. The zero-order valence-electron chi connectivity index (χ0n) is 15.2. The number of rotatable bonds is 4. The summed E-state index contributed by atoms with van der Waals surface area (Å²) in [6.07, 6.45) is 1.68. The highest BCUT2D eigenvalue weighted by Crippen LogP contribution is 2.37. The number of benzene rings is 2. The summed E-state index contributed by atoms with van der Waals surface area (Å²) in [5.41, 5.74) is 3.61. The van der Waals surface area contributed by atoms with Crippen LogP contribution >= 0.6 is 0 Å². The molecule has 0 amide bonds. The second kappa shape index (κ2) is 7.03. The van der Waals surface area contributed by atoms with Gasteiger partial charge in [0.25, 0.3) is 0 Å². The Morgan fingerprint density at radius 2 is 1.56 bits per heavy atom. The fourth-order valence-corrected chi connectivity index (χ4v) is 3.45. The van der Waals surface area contributed by atoms with Gasteiger partial charge in [-0.3, -0.25) is 4.79 Å². The normalized spacial score (nSPS) is 11.1. The molecule has 4 rings (SSSR count). The van der Waals surface area contributed by atoms with Crippen molar-refractivity contribution in [1.29, 1.82) is 0 Å². The Hall–Kier alpha value is -3.47. The van der Waals surface area contributed by atoms with E-state index < -0.39 is 0 Å². The predicted octanol–water partition coefficient (Wildman–Crippen LogP) is 4.28. The molecule has 0 aliphatic rings. The van der Waals surface area contributed by atoms with Crippen LogP contribution in [0.25, 0.3) is 10.9 Å². The van der Waals surface area contributed by atoms with Crippen molar-refractivity contribution in [1.82, 2.24) is 14.8 Å². The van der Waals surface area contributed by atoms with Crippen LogP contribution in [0.2, 0.25) is 0 Å². The van der Waals surface area contributed by atoms with Crippen molar-refractivity contribution in [2.45, 2.75) is 12.8 Å². The summed E-state index contributed by atoms with van der Waals surface area (Å²) in [6, 6.07) is 22.2. The van der Waals surface area contributed by atoms with Crippen molar-refractivity contribution in [2.75, 3.05) is 7.11 Å². The third-order valence-corrected chi connectivity index (χ3v) is 4.62. The molecule has 0 fully saturated rings. The van der Waals surface area contributed by atoms with Crippen LogP contribution in [0.1, 0.15) is 34.5 Å². The second-order valence-corrected chi connectivity index (χ2v) is 6.29. The summed E-state index contributed by atoms with van der Waals surface area (Å²) in [5, 5.41) is 5.55. The Balaban J connectivity index is 2.04. The molecule has 5 heteroatoms. The molecule has 0 spiro atoms. The number of carbonyl (C=O) groups excluding carboxylic acids is 1. The molecule has 27 heavy (non-hydrogen) atoms. The van der Waals surface area contributed by atoms with E-state index in [4.69, 9.17) is 9.84 Å². The van der Waals surface area contributed by atoms with E-state index in [9.17, 15) is 4.79 Å². The van der Waals surface area contributed by atoms with E-state index in [1.165, 1.54) is 11.6 Å². The maximum atomic E-state index is 12.3. The summed E-state index contributed by atoms with van der Waals surface area (Å²) in [5.74, 6) is 0.0985. The topological polar surface area (TPSA) is 57.0 Å². The Morgan fingerprint density at radius 1 is 0.963 bits per heavy atom. The summed E-state index contributed by atoms with van der Waals surface area (Å²) >= 11 is 0. The Kier molecular flexibility index (Phi) is 4.42. The third kappa shape index (κ3) is 2.97. The highest BCUT2D eigenvalue weighted by molar-refractivity contribution is 5.94. The molecule has 0 aliphatic carbocycles. The molecule has 0 radical (unpaired) electrons. The number of aromatic nitrogens is 3. The summed E-state index contributed by atoms with van der Waals surface area (Å²) in [7, 11) is 1.55. The van der Waals surface area contributed by atoms with Gasteiger partial charge in [0.15, 0.2) is 0 Å². The molecule has 2 heterocycles. The van der Waals surface area contributed by atoms with Crippen LogP contribution in [0.4, 0.5) is 0 Å². The SMILES string of the molecule is COc1nccc2c(C(c3ccccc3)c3ccccc3)nn(C(C)=O)c12. The van der Waals surface area contributed by atoms with Crippen LogP contribution in [0.15, 0.2) is 72.9 Å². The van der Waals surface area contributed by atoms with Gasteiger partial charge in [0.2, 0.25) is 11.8 Å². The summed E-state index contributed by atoms with van der Waals surface area (Å²) < 4.78 is 6.78. The van der Waals surface area contributed by atoms with Crippen molar-refractivity contribution in [3.05, 3.63) is 89.7 Å². The molecule has 134 valence electrons. The van der Waals surface area contributed by atoms with Crippen LogP contribution in [0.5, 0.6) is 5.88 Å². The van der Waals surface area contributed by atoms with E-state index in [2.05, 4.69) is 29.2 Å². The van der Waals surface area contributed by atoms with Gasteiger partial charge < -0.3 is 4.74 Å². The molecule has 0 N–H and O–H groups in total. The van der Waals surface area contributed by atoms with Crippen molar-refractivity contribution in [3.8, 4) is 5.88 Å². The van der Waals surface area contributed by atoms with E-state index >= 15 is 0 Å². The van der Waals surface area contributed by atoms with Crippen molar-refractivity contribution < 1.29 is 9.53 Å². The van der Waals surface area contributed by atoms with Gasteiger partial charge in [-0.25, -0.2) is 4.98 Å². The number of fused-ring (bicyclic) bond motifs is 1. The van der Waals surface area contributed by atoms with Crippen LogP contribution in [0.3, 0.4) is 0 Å². The highest BCUT2D eigenvalue weighted by atomic mass is 16.5. The van der Waals surface area contributed by atoms with E-state index in [1.807, 2.05) is 42.5 Å². The van der Waals surface area contributed by atoms with Crippen molar-refractivity contribution in [3.63, 3.8) is 0 Å². The lowest BCUT2D eigenvalue weighted by molar-refractivity contribution is 0.0925. The summed E-state index contributed by atoms with van der Waals surface area (Å²) in [6.45, 7) is 1.49. The molecule has 0 bridgehead atoms. The Morgan fingerprint density at radius 3 is 2.07 bits per heavy atom. The number of hydrogen-bond acceptors (Lipinski definition) is 4. The number of methoxy groups -OCH3 is 1. The molecule has 0 unspecified atom stereocenters. The highest BCUT2D eigenvalue weighted by Gasteiger charge is 2.26. The van der Waals surface area contributed by atoms with Gasteiger partial charge in [-0.1, -0.05) is 60.7 Å². The molecule has 0 atom stereocenters. The lowest BCUT2D eigenvalue weighted by Crippen LogP contribution is -2.10. The van der Waals surface area contributed by atoms with Crippen LogP contribution in [0, 0.1) is 0 Å². The standard InChI is InChI=1S/C22H19N3O2/c1-15(26)25-21-18(13-14-23-22(21)27-2)20(24-25)19(16-9-5-3-6-10-16)17-11-7-4-8-12-17/h3-14,19H,1-2H3. The van der Waals surface area contributed by atoms with Crippen LogP contribution in [-0.4, -0.2) is 27.8 Å². The first-order valence-electron chi connectivity index (χ1n) is 8.73. The van der Waals surface area contributed by atoms with Crippen molar-refractivity contribution >= 4 is 16.8 Å². The lowest BCUT2D eigenvalue weighted by Gasteiger charge is -2.16.